The molecule has 0 aliphatic carbocycles. The van der Waals surface area contributed by atoms with Gasteiger partial charge >= 0.3 is 0 Å². The van der Waals surface area contributed by atoms with E-state index in [1.54, 1.807) is 7.11 Å². The zero-order chi connectivity index (χ0) is 10.1. The molecule has 0 heterocycles. The summed E-state index contributed by atoms with van der Waals surface area (Å²) in [6, 6.07) is 0. The smallest absolute Gasteiger partial charge is 0.0558 e. The second kappa shape index (κ2) is 8.44. The Hall–Kier alpha value is -0.160. The van der Waals surface area contributed by atoms with E-state index in [4.69, 9.17) is 14.9 Å². The highest BCUT2D eigenvalue weighted by molar-refractivity contribution is 4.61. The first-order valence-corrected chi connectivity index (χ1v) is 4.67. The van der Waals surface area contributed by atoms with E-state index in [0.717, 1.165) is 6.54 Å². The molecule has 0 aliphatic heterocycles. The molecule has 0 aromatic carbocycles. The standard InChI is InChI=1S/C9H21NO3/c1-9(8-13-2)7-10(3-5-11)4-6-12/h9,11-12H,3-8H2,1-2H3. The third-order valence-electron chi connectivity index (χ3n) is 1.85. The first kappa shape index (κ1) is 12.8. The number of rotatable bonds is 8. The van der Waals surface area contributed by atoms with Gasteiger partial charge in [-0.25, -0.2) is 0 Å². The van der Waals surface area contributed by atoms with Crippen molar-refractivity contribution in [3.63, 3.8) is 0 Å². The van der Waals surface area contributed by atoms with Crippen molar-refractivity contribution < 1.29 is 14.9 Å². The van der Waals surface area contributed by atoms with Gasteiger partial charge in [0.1, 0.15) is 0 Å². The summed E-state index contributed by atoms with van der Waals surface area (Å²) in [4.78, 5) is 2.03. The van der Waals surface area contributed by atoms with Gasteiger partial charge in [0.2, 0.25) is 0 Å². The lowest BCUT2D eigenvalue weighted by Gasteiger charge is -2.23. The van der Waals surface area contributed by atoms with Gasteiger partial charge in [0.05, 0.1) is 13.2 Å². The van der Waals surface area contributed by atoms with Crippen molar-refractivity contribution in [2.75, 3.05) is 46.6 Å². The molecular weight excluding hydrogens is 170 g/mol. The fourth-order valence-corrected chi connectivity index (χ4v) is 1.36. The normalized spacial score (nSPS) is 13.6. The van der Waals surface area contributed by atoms with Crippen LogP contribution in [0.4, 0.5) is 0 Å². The summed E-state index contributed by atoms with van der Waals surface area (Å²) in [6.45, 7) is 5.18. The average Bonchev–Trinajstić information content (AvgIpc) is 2.05. The van der Waals surface area contributed by atoms with Gasteiger partial charge in [-0.1, -0.05) is 6.92 Å². The lowest BCUT2D eigenvalue weighted by atomic mass is 10.2. The Bertz CT molecular complexity index is 105. The molecule has 1 unspecified atom stereocenters. The Morgan fingerprint density at radius 3 is 2.15 bits per heavy atom. The summed E-state index contributed by atoms with van der Waals surface area (Å²) in [6.07, 6.45) is 0. The zero-order valence-electron chi connectivity index (χ0n) is 8.57. The van der Waals surface area contributed by atoms with Gasteiger partial charge in [-0.3, -0.25) is 4.90 Å². The van der Waals surface area contributed by atoms with Crippen LogP contribution in [-0.4, -0.2) is 61.7 Å². The number of hydrogen-bond donors (Lipinski definition) is 2. The molecule has 0 aromatic rings. The van der Waals surface area contributed by atoms with Gasteiger partial charge in [0.15, 0.2) is 0 Å². The zero-order valence-corrected chi connectivity index (χ0v) is 8.57. The van der Waals surface area contributed by atoms with Crippen LogP contribution < -0.4 is 0 Å². The van der Waals surface area contributed by atoms with Gasteiger partial charge in [-0.15, -0.1) is 0 Å². The molecule has 0 rings (SSSR count). The van der Waals surface area contributed by atoms with Crippen LogP contribution in [0.1, 0.15) is 6.92 Å². The van der Waals surface area contributed by atoms with Gasteiger partial charge in [0.25, 0.3) is 0 Å². The summed E-state index contributed by atoms with van der Waals surface area (Å²) in [5, 5.41) is 17.5. The number of nitrogens with zero attached hydrogens (tertiary/aromatic N) is 1. The van der Waals surface area contributed by atoms with Gasteiger partial charge in [-0.05, 0) is 5.92 Å². The van der Waals surface area contributed by atoms with Crippen LogP contribution in [0.2, 0.25) is 0 Å². The van der Waals surface area contributed by atoms with Crippen LogP contribution in [0, 0.1) is 5.92 Å². The predicted octanol–water partition coefficient (Wildman–Crippen LogP) is -0.444. The molecule has 0 spiro atoms. The van der Waals surface area contributed by atoms with Crippen molar-refractivity contribution >= 4 is 0 Å². The Labute approximate surface area is 80.1 Å². The van der Waals surface area contributed by atoms with Crippen LogP contribution in [0.15, 0.2) is 0 Å². The van der Waals surface area contributed by atoms with E-state index in [9.17, 15) is 0 Å². The summed E-state index contributed by atoms with van der Waals surface area (Å²) < 4.78 is 5.01. The highest BCUT2D eigenvalue weighted by Crippen LogP contribution is 1.99. The van der Waals surface area contributed by atoms with E-state index >= 15 is 0 Å². The minimum Gasteiger partial charge on any atom is -0.395 e. The fraction of sp³-hybridized carbons (Fsp3) is 1.00. The monoisotopic (exact) mass is 191 g/mol. The molecule has 0 saturated carbocycles. The Balaban J connectivity index is 3.64. The Kier molecular flexibility index (Phi) is 8.33. The van der Waals surface area contributed by atoms with Crippen LogP contribution in [0.3, 0.4) is 0 Å². The second-order valence-electron chi connectivity index (χ2n) is 3.31. The lowest BCUT2D eigenvalue weighted by molar-refractivity contribution is 0.106. The Morgan fingerprint density at radius 1 is 1.23 bits per heavy atom. The molecular formula is C9H21NO3. The molecule has 0 radical (unpaired) electrons. The molecule has 0 amide bonds. The van der Waals surface area contributed by atoms with Gasteiger partial charge in [-0.2, -0.15) is 0 Å². The third kappa shape index (κ3) is 6.95. The second-order valence-corrected chi connectivity index (χ2v) is 3.31. The number of ether oxygens (including phenoxy) is 1. The van der Waals surface area contributed by atoms with Crippen molar-refractivity contribution in [3.8, 4) is 0 Å². The largest absolute Gasteiger partial charge is 0.395 e. The van der Waals surface area contributed by atoms with E-state index < -0.39 is 0 Å². The van der Waals surface area contributed by atoms with E-state index in [-0.39, 0.29) is 13.2 Å². The third-order valence-corrected chi connectivity index (χ3v) is 1.85. The summed E-state index contributed by atoms with van der Waals surface area (Å²) in [5.41, 5.74) is 0. The summed E-state index contributed by atoms with van der Waals surface area (Å²) in [5.74, 6) is 0.433. The maximum atomic E-state index is 8.75. The van der Waals surface area contributed by atoms with Gasteiger partial charge in [0, 0.05) is 33.4 Å². The maximum absolute atomic E-state index is 8.75. The molecule has 4 heteroatoms. The minimum absolute atomic E-state index is 0.139. The molecule has 0 aliphatic rings. The molecule has 13 heavy (non-hydrogen) atoms. The highest BCUT2D eigenvalue weighted by Gasteiger charge is 2.08. The summed E-state index contributed by atoms with van der Waals surface area (Å²) in [7, 11) is 1.68. The fourth-order valence-electron chi connectivity index (χ4n) is 1.36. The highest BCUT2D eigenvalue weighted by atomic mass is 16.5. The van der Waals surface area contributed by atoms with E-state index in [0.29, 0.717) is 25.6 Å². The molecule has 80 valence electrons. The van der Waals surface area contributed by atoms with Crippen molar-refractivity contribution in [1.82, 2.24) is 4.90 Å². The summed E-state index contributed by atoms with van der Waals surface area (Å²) >= 11 is 0. The quantitative estimate of drug-likeness (QED) is 0.546. The molecule has 1 atom stereocenters. The van der Waals surface area contributed by atoms with Crippen molar-refractivity contribution in [1.29, 1.82) is 0 Å². The van der Waals surface area contributed by atoms with Crippen molar-refractivity contribution in [2.45, 2.75) is 6.92 Å². The lowest BCUT2D eigenvalue weighted by Crippen LogP contribution is -2.34. The number of aliphatic hydroxyl groups is 2. The molecule has 4 nitrogen and oxygen atoms in total. The Morgan fingerprint density at radius 2 is 1.77 bits per heavy atom. The SMILES string of the molecule is COCC(C)CN(CCO)CCO. The van der Waals surface area contributed by atoms with Crippen LogP contribution in [0.25, 0.3) is 0 Å². The first-order chi connectivity index (χ1) is 6.24. The molecule has 0 fully saturated rings. The van der Waals surface area contributed by atoms with Crippen molar-refractivity contribution in [3.05, 3.63) is 0 Å². The molecule has 0 aromatic heterocycles. The predicted molar refractivity (Wildman–Crippen MR) is 51.7 cm³/mol. The van der Waals surface area contributed by atoms with Gasteiger partial charge < -0.3 is 14.9 Å². The van der Waals surface area contributed by atoms with E-state index in [1.807, 2.05) is 4.90 Å². The number of methoxy groups -OCH3 is 1. The van der Waals surface area contributed by atoms with Crippen LogP contribution >= 0.6 is 0 Å². The maximum Gasteiger partial charge on any atom is 0.0558 e. The van der Waals surface area contributed by atoms with Crippen LogP contribution in [-0.2, 0) is 4.74 Å². The van der Waals surface area contributed by atoms with Crippen LogP contribution in [0.5, 0.6) is 0 Å². The molecule has 0 saturated heterocycles. The minimum atomic E-state index is 0.139. The molecule has 2 N–H and O–H groups in total. The van der Waals surface area contributed by atoms with Crippen molar-refractivity contribution in [2.24, 2.45) is 5.92 Å². The van der Waals surface area contributed by atoms with E-state index in [1.165, 1.54) is 0 Å². The number of aliphatic hydroxyl groups excluding tert-OH is 2. The first-order valence-electron chi connectivity index (χ1n) is 4.67. The molecule has 0 bridgehead atoms. The number of hydrogen-bond acceptors (Lipinski definition) is 4. The average molecular weight is 191 g/mol. The van der Waals surface area contributed by atoms with E-state index in [2.05, 4.69) is 6.92 Å². The topological polar surface area (TPSA) is 52.9 Å².